The number of ketones is 2. The summed E-state index contributed by atoms with van der Waals surface area (Å²) in [5.74, 6) is 5.20. The van der Waals surface area contributed by atoms with Crippen molar-refractivity contribution in [2.24, 2.45) is 52.3 Å². The summed E-state index contributed by atoms with van der Waals surface area (Å²) >= 11 is 0. The molecule has 4 aliphatic rings. The van der Waals surface area contributed by atoms with Gasteiger partial charge in [-0.1, -0.05) is 53.9 Å². The average molecular weight is 401 g/mol. The Morgan fingerprint density at radius 2 is 1.59 bits per heavy atom. The first-order chi connectivity index (χ1) is 13.7. The van der Waals surface area contributed by atoms with Crippen molar-refractivity contribution < 1.29 is 9.59 Å². The molecule has 4 saturated carbocycles. The summed E-state index contributed by atoms with van der Waals surface area (Å²) in [6, 6.07) is 0. The molecule has 0 unspecified atom stereocenters. The lowest BCUT2D eigenvalue weighted by Crippen LogP contribution is -2.55. The van der Waals surface area contributed by atoms with Gasteiger partial charge in [0, 0.05) is 12.8 Å². The summed E-state index contributed by atoms with van der Waals surface area (Å²) in [6.45, 7) is 12.2. The van der Waals surface area contributed by atoms with E-state index in [1.54, 1.807) is 0 Å². The van der Waals surface area contributed by atoms with Crippen LogP contribution in [0, 0.1) is 52.3 Å². The lowest BCUT2D eigenvalue weighted by atomic mass is 9.44. The molecule has 4 aliphatic carbocycles. The second kappa shape index (κ2) is 7.79. The van der Waals surface area contributed by atoms with Gasteiger partial charge in [0.05, 0.1) is 0 Å². The standard InChI is InChI=1S/C27H44O2/c1-17(2)7-6-8-18(3)21-11-12-22-20-10-9-19-15-24(28)25(29)16-27(19,5)23(20)13-14-26(21,22)4/h17-23H,6-16H2,1-5H3/t18-,19+,20+,21+,22-,23-,26+,27+/m1/s1. The van der Waals surface area contributed by atoms with E-state index in [0.717, 1.165) is 29.6 Å². The van der Waals surface area contributed by atoms with Crippen LogP contribution >= 0.6 is 0 Å². The van der Waals surface area contributed by atoms with Gasteiger partial charge < -0.3 is 0 Å². The Labute approximate surface area is 179 Å². The van der Waals surface area contributed by atoms with Gasteiger partial charge >= 0.3 is 0 Å². The fourth-order valence-corrected chi connectivity index (χ4v) is 8.95. The van der Waals surface area contributed by atoms with Gasteiger partial charge in [-0.3, -0.25) is 9.59 Å². The smallest absolute Gasteiger partial charge is 0.198 e. The molecule has 0 N–H and O–H groups in total. The van der Waals surface area contributed by atoms with Gasteiger partial charge in [0.1, 0.15) is 0 Å². The zero-order valence-corrected chi connectivity index (χ0v) is 19.6. The molecule has 0 aromatic carbocycles. The second-order valence-corrected chi connectivity index (χ2v) is 12.4. The average Bonchev–Trinajstić information content (AvgIpc) is 3.00. The van der Waals surface area contributed by atoms with Crippen LogP contribution in [0.5, 0.6) is 0 Å². The molecule has 0 saturated heterocycles. The minimum Gasteiger partial charge on any atom is -0.291 e. The number of carbonyl (C=O) groups is 2. The highest BCUT2D eigenvalue weighted by Crippen LogP contribution is 2.68. The molecular weight excluding hydrogens is 356 g/mol. The Bertz CT molecular complexity index is 651. The number of carbonyl (C=O) groups excluding carboxylic acids is 2. The van der Waals surface area contributed by atoms with E-state index in [1.807, 2.05) is 0 Å². The van der Waals surface area contributed by atoms with Crippen molar-refractivity contribution in [1.29, 1.82) is 0 Å². The van der Waals surface area contributed by atoms with Crippen LogP contribution in [-0.4, -0.2) is 11.6 Å². The van der Waals surface area contributed by atoms with E-state index in [0.29, 0.717) is 30.1 Å². The zero-order valence-electron chi connectivity index (χ0n) is 19.6. The van der Waals surface area contributed by atoms with Crippen LogP contribution in [0.3, 0.4) is 0 Å². The maximum Gasteiger partial charge on any atom is 0.198 e. The molecule has 164 valence electrons. The molecular formula is C27H44O2. The summed E-state index contributed by atoms with van der Waals surface area (Å²) in [4.78, 5) is 24.4. The molecule has 2 nitrogen and oxygen atoms in total. The minimum atomic E-state index is -0.0808. The molecule has 0 aromatic rings. The van der Waals surface area contributed by atoms with Crippen LogP contribution in [0.2, 0.25) is 0 Å². The molecule has 4 fully saturated rings. The van der Waals surface area contributed by atoms with Crippen LogP contribution in [0.4, 0.5) is 0 Å². The van der Waals surface area contributed by atoms with Gasteiger partial charge in [0.2, 0.25) is 0 Å². The first-order valence-corrected chi connectivity index (χ1v) is 12.7. The van der Waals surface area contributed by atoms with E-state index >= 15 is 0 Å². The van der Waals surface area contributed by atoms with E-state index in [9.17, 15) is 9.59 Å². The highest BCUT2D eigenvalue weighted by atomic mass is 16.2. The fourth-order valence-electron chi connectivity index (χ4n) is 8.95. The van der Waals surface area contributed by atoms with Crippen LogP contribution in [0.1, 0.15) is 105 Å². The molecule has 0 bridgehead atoms. The molecule has 0 aromatic heterocycles. The van der Waals surface area contributed by atoms with Gasteiger partial charge in [0.15, 0.2) is 11.6 Å². The summed E-state index contributed by atoms with van der Waals surface area (Å²) in [7, 11) is 0. The normalized spacial score (nSPS) is 45.7. The van der Waals surface area contributed by atoms with Crippen molar-refractivity contribution in [3.8, 4) is 0 Å². The maximum absolute atomic E-state index is 12.4. The number of hydrogen-bond acceptors (Lipinski definition) is 2. The summed E-state index contributed by atoms with van der Waals surface area (Å²) in [5, 5.41) is 0. The molecule has 0 heterocycles. The molecule has 2 heteroatoms. The minimum absolute atomic E-state index is 0.0687. The van der Waals surface area contributed by atoms with E-state index in [-0.39, 0.29) is 17.0 Å². The summed E-state index contributed by atoms with van der Waals surface area (Å²) in [6.07, 6.45) is 13.2. The van der Waals surface area contributed by atoms with Gasteiger partial charge in [0.25, 0.3) is 0 Å². The predicted molar refractivity (Wildman–Crippen MR) is 118 cm³/mol. The zero-order chi connectivity index (χ0) is 21.0. The summed E-state index contributed by atoms with van der Waals surface area (Å²) in [5.41, 5.74) is 0.603. The molecule has 8 atom stereocenters. The molecule has 0 amide bonds. The van der Waals surface area contributed by atoms with Gasteiger partial charge in [-0.15, -0.1) is 0 Å². The predicted octanol–water partition coefficient (Wildman–Crippen LogP) is 6.86. The lowest BCUT2D eigenvalue weighted by molar-refractivity contribution is -0.154. The van der Waals surface area contributed by atoms with Crippen LogP contribution in [0.15, 0.2) is 0 Å². The monoisotopic (exact) mass is 400 g/mol. The topological polar surface area (TPSA) is 34.1 Å². The highest BCUT2D eigenvalue weighted by Gasteiger charge is 2.61. The van der Waals surface area contributed by atoms with Crippen molar-refractivity contribution in [3.63, 3.8) is 0 Å². The Morgan fingerprint density at radius 1 is 0.862 bits per heavy atom. The quantitative estimate of drug-likeness (QED) is 0.473. The Balaban J connectivity index is 1.49. The van der Waals surface area contributed by atoms with Crippen molar-refractivity contribution >= 4 is 11.6 Å². The van der Waals surface area contributed by atoms with Crippen molar-refractivity contribution in [2.45, 2.75) is 105 Å². The third kappa shape index (κ3) is 3.55. The number of rotatable bonds is 5. The second-order valence-electron chi connectivity index (χ2n) is 12.4. The molecule has 29 heavy (non-hydrogen) atoms. The highest BCUT2D eigenvalue weighted by molar-refractivity contribution is 6.38. The third-order valence-electron chi connectivity index (χ3n) is 10.6. The Morgan fingerprint density at radius 3 is 2.31 bits per heavy atom. The van der Waals surface area contributed by atoms with Crippen LogP contribution in [-0.2, 0) is 9.59 Å². The lowest BCUT2D eigenvalue weighted by Gasteiger charge is -2.60. The molecule has 0 aliphatic heterocycles. The van der Waals surface area contributed by atoms with E-state index < -0.39 is 0 Å². The van der Waals surface area contributed by atoms with Gasteiger partial charge in [-0.2, -0.15) is 0 Å². The van der Waals surface area contributed by atoms with E-state index in [4.69, 9.17) is 0 Å². The van der Waals surface area contributed by atoms with E-state index in [1.165, 1.54) is 57.8 Å². The third-order valence-corrected chi connectivity index (χ3v) is 10.6. The largest absolute Gasteiger partial charge is 0.291 e. The van der Waals surface area contributed by atoms with Crippen molar-refractivity contribution in [1.82, 2.24) is 0 Å². The van der Waals surface area contributed by atoms with Gasteiger partial charge in [-0.25, -0.2) is 0 Å². The Kier molecular flexibility index (Phi) is 5.79. The van der Waals surface area contributed by atoms with Crippen molar-refractivity contribution in [2.75, 3.05) is 0 Å². The summed E-state index contributed by atoms with van der Waals surface area (Å²) < 4.78 is 0. The molecule has 4 rings (SSSR count). The number of fused-ring (bicyclic) bond motifs is 5. The number of Topliss-reactive ketones (excluding diaryl/α,β-unsaturated/α-hetero) is 2. The van der Waals surface area contributed by atoms with Crippen molar-refractivity contribution in [3.05, 3.63) is 0 Å². The molecule has 0 radical (unpaired) electrons. The van der Waals surface area contributed by atoms with Gasteiger partial charge in [-0.05, 0) is 90.8 Å². The first kappa shape index (κ1) is 21.6. The number of hydrogen-bond donors (Lipinski definition) is 0. The Hall–Kier alpha value is -0.660. The van der Waals surface area contributed by atoms with Crippen LogP contribution < -0.4 is 0 Å². The van der Waals surface area contributed by atoms with Crippen LogP contribution in [0.25, 0.3) is 0 Å². The SMILES string of the molecule is CC(C)CCC[C@@H](C)[C@@H]1CC[C@@H]2[C@@H]3CC[C@H]4CC(=O)C(=O)C[C@]4(C)[C@@H]3CC[C@]21C. The van der Waals surface area contributed by atoms with E-state index in [2.05, 4.69) is 34.6 Å². The first-order valence-electron chi connectivity index (χ1n) is 12.7. The fraction of sp³-hybridized carbons (Fsp3) is 0.926. The molecule has 0 spiro atoms. The maximum atomic E-state index is 12.4.